The summed E-state index contributed by atoms with van der Waals surface area (Å²) in [6.07, 6.45) is 1.17. The minimum absolute atomic E-state index is 0.847. The van der Waals surface area contributed by atoms with Crippen LogP contribution in [0.4, 0.5) is 0 Å². The molecule has 0 bridgehead atoms. The third kappa shape index (κ3) is 5.05. The van der Waals surface area contributed by atoms with Crippen LogP contribution in [-0.4, -0.2) is 51.4 Å². The van der Waals surface area contributed by atoms with Gasteiger partial charge in [-0.25, -0.2) is 0 Å². The van der Waals surface area contributed by atoms with Crippen molar-refractivity contribution in [2.24, 2.45) is 0 Å². The number of benzene rings is 1. The summed E-state index contributed by atoms with van der Waals surface area (Å²) in [4.78, 5) is 2.46. The fraction of sp³-hybridized carbons (Fsp3) is 0.600. The maximum atomic E-state index is 5.39. The van der Waals surface area contributed by atoms with Crippen LogP contribution in [0.25, 0.3) is 0 Å². The Morgan fingerprint density at radius 3 is 2.90 bits per heavy atom. The Labute approximate surface area is 129 Å². The van der Waals surface area contributed by atoms with Gasteiger partial charge >= 0.3 is 0 Å². The van der Waals surface area contributed by atoms with Gasteiger partial charge in [-0.1, -0.05) is 22.0 Å². The van der Waals surface area contributed by atoms with Gasteiger partial charge in [-0.05, 0) is 31.6 Å². The molecule has 1 aliphatic heterocycles. The summed E-state index contributed by atoms with van der Waals surface area (Å²) < 4.78 is 11.8. The van der Waals surface area contributed by atoms with Crippen molar-refractivity contribution < 1.29 is 9.47 Å². The molecule has 2 rings (SSSR count). The van der Waals surface area contributed by atoms with Gasteiger partial charge in [-0.2, -0.15) is 0 Å². The molecular weight excluding hydrogens is 320 g/mol. The van der Waals surface area contributed by atoms with E-state index >= 15 is 0 Å². The third-order valence-corrected chi connectivity index (χ3v) is 3.99. The van der Waals surface area contributed by atoms with Crippen LogP contribution in [0.15, 0.2) is 22.7 Å². The lowest BCUT2D eigenvalue weighted by Gasteiger charge is -2.26. The lowest BCUT2D eigenvalue weighted by Crippen LogP contribution is -2.37. The predicted molar refractivity (Wildman–Crippen MR) is 84.3 cm³/mol. The number of nitrogens with one attached hydrogen (secondary N) is 1. The first-order valence-corrected chi connectivity index (χ1v) is 7.92. The first kappa shape index (κ1) is 15.8. The summed E-state index contributed by atoms with van der Waals surface area (Å²) >= 11 is 3.46. The zero-order valence-corrected chi connectivity index (χ0v) is 13.6. The maximum absolute atomic E-state index is 5.39. The van der Waals surface area contributed by atoms with E-state index < -0.39 is 0 Å². The highest BCUT2D eigenvalue weighted by Crippen LogP contribution is 2.23. The van der Waals surface area contributed by atoms with Gasteiger partial charge < -0.3 is 14.8 Å². The van der Waals surface area contributed by atoms with Gasteiger partial charge in [0.25, 0.3) is 0 Å². The molecule has 0 spiro atoms. The van der Waals surface area contributed by atoms with Crippen molar-refractivity contribution >= 4 is 15.9 Å². The second-order valence-corrected chi connectivity index (χ2v) is 5.86. The minimum Gasteiger partial charge on any atom is -0.496 e. The van der Waals surface area contributed by atoms with Crippen LogP contribution in [0.5, 0.6) is 5.75 Å². The molecule has 1 aromatic rings. The van der Waals surface area contributed by atoms with Gasteiger partial charge in [-0.15, -0.1) is 0 Å². The van der Waals surface area contributed by atoms with Crippen molar-refractivity contribution in [1.29, 1.82) is 0 Å². The number of halogens is 1. The molecule has 1 fully saturated rings. The van der Waals surface area contributed by atoms with E-state index in [9.17, 15) is 0 Å². The average Bonchev–Trinajstić information content (AvgIpc) is 2.49. The Morgan fingerprint density at radius 2 is 2.15 bits per heavy atom. The highest BCUT2D eigenvalue weighted by atomic mass is 79.9. The molecule has 0 aliphatic carbocycles. The SMILES string of the molecule is COc1cc(Br)ccc1CNCCCN1CCOCC1. The number of rotatable bonds is 7. The maximum Gasteiger partial charge on any atom is 0.124 e. The number of morpholine rings is 1. The van der Waals surface area contributed by atoms with Gasteiger partial charge in [-0.3, -0.25) is 4.90 Å². The molecule has 0 amide bonds. The van der Waals surface area contributed by atoms with Gasteiger partial charge in [0.05, 0.1) is 20.3 Å². The normalized spacial score (nSPS) is 16.3. The van der Waals surface area contributed by atoms with Gasteiger partial charge in [0.2, 0.25) is 0 Å². The van der Waals surface area contributed by atoms with E-state index in [1.54, 1.807) is 7.11 Å². The number of ether oxygens (including phenoxy) is 2. The molecule has 112 valence electrons. The molecule has 0 atom stereocenters. The third-order valence-electron chi connectivity index (χ3n) is 3.50. The van der Waals surface area contributed by atoms with Gasteiger partial charge in [0.15, 0.2) is 0 Å². The summed E-state index contributed by atoms with van der Waals surface area (Å²) in [6, 6.07) is 6.15. The van der Waals surface area contributed by atoms with E-state index in [-0.39, 0.29) is 0 Å². The highest BCUT2D eigenvalue weighted by Gasteiger charge is 2.09. The molecule has 0 radical (unpaired) electrons. The van der Waals surface area contributed by atoms with Crippen molar-refractivity contribution in [3.8, 4) is 5.75 Å². The quantitative estimate of drug-likeness (QED) is 0.770. The zero-order valence-electron chi connectivity index (χ0n) is 12.0. The second kappa shape index (κ2) is 8.62. The second-order valence-electron chi connectivity index (χ2n) is 4.94. The summed E-state index contributed by atoms with van der Waals surface area (Å²) in [6.45, 7) is 6.91. The first-order valence-electron chi connectivity index (χ1n) is 7.13. The van der Waals surface area contributed by atoms with Crippen molar-refractivity contribution in [2.75, 3.05) is 46.5 Å². The van der Waals surface area contributed by atoms with E-state index in [2.05, 4.69) is 32.2 Å². The number of hydrogen-bond acceptors (Lipinski definition) is 4. The standard InChI is InChI=1S/C15H23BrN2O2/c1-19-15-11-14(16)4-3-13(15)12-17-5-2-6-18-7-9-20-10-8-18/h3-4,11,17H,2,5-10,12H2,1H3. The Kier molecular flexibility index (Phi) is 6.79. The summed E-state index contributed by atoms with van der Waals surface area (Å²) in [5.74, 6) is 0.931. The number of hydrogen-bond donors (Lipinski definition) is 1. The van der Waals surface area contributed by atoms with Crippen LogP contribution in [0.2, 0.25) is 0 Å². The summed E-state index contributed by atoms with van der Waals surface area (Å²) in [7, 11) is 1.71. The molecule has 0 aromatic heterocycles. The summed E-state index contributed by atoms with van der Waals surface area (Å²) in [5, 5.41) is 3.48. The van der Waals surface area contributed by atoms with Gasteiger partial charge in [0.1, 0.15) is 5.75 Å². The molecule has 4 nitrogen and oxygen atoms in total. The van der Waals surface area contributed by atoms with E-state index in [0.29, 0.717) is 0 Å². The predicted octanol–water partition coefficient (Wildman–Crippen LogP) is 2.27. The fourth-order valence-electron chi connectivity index (χ4n) is 2.34. The first-order chi connectivity index (χ1) is 9.79. The van der Waals surface area contributed by atoms with E-state index in [1.165, 1.54) is 12.0 Å². The molecule has 1 saturated heterocycles. The minimum atomic E-state index is 0.847. The van der Waals surface area contributed by atoms with E-state index in [0.717, 1.165) is 56.2 Å². The van der Waals surface area contributed by atoms with E-state index in [4.69, 9.17) is 9.47 Å². The number of nitrogens with zero attached hydrogens (tertiary/aromatic N) is 1. The van der Waals surface area contributed by atoms with Crippen molar-refractivity contribution in [3.63, 3.8) is 0 Å². The zero-order chi connectivity index (χ0) is 14.2. The Bertz CT molecular complexity index is 409. The highest BCUT2D eigenvalue weighted by molar-refractivity contribution is 9.10. The largest absolute Gasteiger partial charge is 0.496 e. The molecular formula is C15H23BrN2O2. The van der Waals surface area contributed by atoms with Crippen LogP contribution in [0.3, 0.4) is 0 Å². The molecule has 1 heterocycles. The van der Waals surface area contributed by atoms with Crippen LogP contribution in [-0.2, 0) is 11.3 Å². The van der Waals surface area contributed by atoms with Crippen molar-refractivity contribution in [3.05, 3.63) is 28.2 Å². The average molecular weight is 343 g/mol. The molecule has 1 aliphatic rings. The molecule has 5 heteroatoms. The Morgan fingerprint density at radius 1 is 1.35 bits per heavy atom. The molecule has 0 saturated carbocycles. The molecule has 0 unspecified atom stereocenters. The topological polar surface area (TPSA) is 33.7 Å². The molecule has 1 aromatic carbocycles. The smallest absolute Gasteiger partial charge is 0.124 e. The van der Waals surface area contributed by atoms with E-state index in [1.807, 2.05) is 12.1 Å². The fourth-order valence-corrected chi connectivity index (χ4v) is 2.68. The van der Waals surface area contributed by atoms with Crippen LogP contribution in [0.1, 0.15) is 12.0 Å². The molecule has 20 heavy (non-hydrogen) atoms. The van der Waals surface area contributed by atoms with Crippen LogP contribution in [0, 0.1) is 0 Å². The lowest BCUT2D eigenvalue weighted by molar-refractivity contribution is 0.0374. The molecule has 1 N–H and O–H groups in total. The van der Waals surface area contributed by atoms with Crippen molar-refractivity contribution in [2.45, 2.75) is 13.0 Å². The van der Waals surface area contributed by atoms with Crippen LogP contribution < -0.4 is 10.1 Å². The van der Waals surface area contributed by atoms with Crippen LogP contribution >= 0.6 is 15.9 Å². The number of methoxy groups -OCH3 is 1. The monoisotopic (exact) mass is 342 g/mol. The Hall–Kier alpha value is -0.620. The lowest BCUT2D eigenvalue weighted by atomic mass is 10.2. The Balaban J connectivity index is 1.65. The summed E-state index contributed by atoms with van der Waals surface area (Å²) in [5.41, 5.74) is 1.20. The van der Waals surface area contributed by atoms with Crippen molar-refractivity contribution in [1.82, 2.24) is 10.2 Å². The van der Waals surface area contributed by atoms with Gasteiger partial charge in [0, 0.05) is 29.7 Å².